The molecule has 0 amide bonds. The smallest absolute Gasteiger partial charge is 0.0722 e. The molecule has 0 unspecified atom stereocenters. The van der Waals surface area contributed by atoms with Crippen molar-refractivity contribution in [1.29, 1.82) is 0 Å². The molecule has 1 N–H and O–H groups in total. The second-order valence-electron chi connectivity index (χ2n) is 9.67. The van der Waals surface area contributed by atoms with Crippen molar-refractivity contribution in [3.05, 3.63) is 72.3 Å². The third-order valence-electron chi connectivity index (χ3n) is 7.32. The predicted octanol–water partition coefficient (Wildman–Crippen LogP) is 8.76. The van der Waals surface area contributed by atoms with Crippen molar-refractivity contribution in [2.75, 3.05) is 13.2 Å². The molecule has 0 aliphatic heterocycles. The van der Waals surface area contributed by atoms with Crippen LogP contribution in [-0.4, -0.2) is 18.3 Å². The lowest BCUT2D eigenvalue weighted by Gasteiger charge is -2.16. The van der Waals surface area contributed by atoms with Crippen LogP contribution >= 0.6 is 0 Å². The van der Waals surface area contributed by atoms with Crippen molar-refractivity contribution in [3.63, 3.8) is 0 Å². The molecule has 0 bridgehead atoms. The normalized spacial score (nSPS) is 12.0. The van der Waals surface area contributed by atoms with Crippen LogP contribution < -0.4 is 0 Å². The fourth-order valence-electron chi connectivity index (χ4n) is 5.57. The first-order chi connectivity index (χ1) is 16.9. The van der Waals surface area contributed by atoms with E-state index in [1.54, 1.807) is 0 Å². The fraction of sp³-hybridized carbons (Fsp3) is 0.375. The number of aliphatic hydroxyl groups excluding tert-OH is 1. The van der Waals surface area contributed by atoms with Crippen molar-refractivity contribution >= 4 is 43.1 Å². The van der Waals surface area contributed by atoms with Gasteiger partial charge in [0.15, 0.2) is 0 Å². The molecule has 176 valence electrons. The van der Waals surface area contributed by atoms with Crippen LogP contribution in [0.4, 0.5) is 0 Å². The number of benzene rings is 5. The Hall–Kier alpha value is -2.68. The van der Waals surface area contributed by atoms with E-state index in [1.165, 1.54) is 93.6 Å². The number of hydrogen-bond acceptors (Lipinski definition) is 2. The zero-order chi connectivity index (χ0) is 23.2. The summed E-state index contributed by atoms with van der Waals surface area (Å²) in [5.41, 5.74) is 1.29. The Morgan fingerprint density at radius 3 is 1.71 bits per heavy atom. The van der Waals surface area contributed by atoms with Gasteiger partial charge < -0.3 is 9.84 Å². The highest BCUT2D eigenvalue weighted by molar-refractivity contribution is 6.33. The third-order valence-corrected chi connectivity index (χ3v) is 7.32. The van der Waals surface area contributed by atoms with Crippen molar-refractivity contribution in [1.82, 2.24) is 0 Å². The maximum atomic E-state index is 8.82. The van der Waals surface area contributed by atoms with E-state index < -0.39 is 0 Å². The van der Waals surface area contributed by atoms with E-state index in [1.807, 2.05) is 0 Å². The average Bonchev–Trinajstić information content (AvgIpc) is 2.88. The van der Waals surface area contributed by atoms with Gasteiger partial charge in [-0.25, -0.2) is 0 Å². The van der Waals surface area contributed by atoms with Gasteiger partial charge in [0.2, 0.25) is 0 Å². The van der Waals surface area contributed by atoms with Crippen LogP contribution in [0.1, 0.15) is 63.4 Å². The van der Waals surface area contributed by atoms with Crippen molar-refractivity contribution < 1.29 is 9.84 Å². The topological polar surface area (TPSA) is 29.5 Å². The minimum absolute atomic E-state index is 0.339. The first kappa shape index (κ1) is 23.1. The van der Waals surface area contributed by atoms with Crippen molar-refractivity contribution in [2.45, 2.75) is 64.4 Å². The van der Waals surface area contributed by atoms with Gasteiger partial charge in [0.1, 0.15) is 0 Å². The molecule has 5 rings (SSSR count). The summed E-state index contributed by atoms with van der Waals surface area (Å²) in [6, 6.07) is 24.6. The standard InChI is InChI=1S/C32H36O2/c33-21-8-6-4-2-1-3-5-7-9-22-34-23-25-19-20-30-28-17-11-14-24-13-10-16-27(31(24)28)29-18-12-15-26(25)32(29)30/h10-20,33H,1-9,21-23H2. The molecule has 0 saturated carbocycles. The number of hydrogen-bond donors (Lipinski definition) is 1. The quantitative estimate of drug-likeness (QED) is 0.110. The van der Waals surface area contributed by atoms with Crippen LogP contribution in [0.2, 0.25) is 0 Å². The molecular weight excluding hydrogens is 416 g/mol. The molecule has 0 atom stereocenters. The number of fused-ring (bicyclic) bond motifs is 2. The summed E-state index contributed by atoms with van der Waals surface area (Å²) < 4.78 is 6.13. The van der Waals surface area contributed by atoms with Gasteiger partial charge in [0, 0.05) is 13.2 Å². The Kier molecular flexibility index (Phi) is 7.58. The molecule has 0 radical (unpaired) electrons. The number of ether oxygens (including phenoxy) is 1. The van der Waals surface area contributed by atoms with Gasteiger partial charge in [-0.2, -0.15) is 0 Å². The van der Waals surface area contributed by atoms with Crippen molar-refractivity contribution in [3.8, 4) is 0 Å². The Morgan fingerprint density at radius 1 is 0.500 bits per heavy atom. The second kappa shape index (κ2) is 11.2. The molecule has 5 aromatic carbocycles. The maximum Gasteiger partial charge on any atom is 0.0722 e. The summed E-state index contributed by atoms with van der Waals surface area (Å²) in [5, 5.41) is 19.6. The molecule has 5 aromatic rings. The van der Waals surface area contributed by atoms with E-state index in [-0.39, 0.29) is 0 Å². The van der Waals surface area contributed by atoms with Crippen LogP contribution in [0, 0.1) is 0 Å². The highest BCUT2D eigenvalue weighted by atomic mass is 16.5. The highest BCUT2D eigenvalue weighted by Crippen LogP contribution is 2.40. The molecule has 0 saturated heterocycles. The molecule has 2 nitrogen and oxygen atoms in total. The van der Waals surface area contributed by atoms with Gasteiger partial charge in [-0.1, -0.05) is 112 Å². The van der Waals surface area contributed by atoms with Gasteiger partial charge >= 0.3 is 0 Å². The molecule has 0 fully saturated rings. The van der Waals surface area contributed by atoms with Gasteiger partial charge in [-0.05, 0) is 61.5 Å². The maximum absolute atomic E-state index is 8.82. The molecular formula is C32H36O2. The SMILES string of the molecule is OCCCCCCCCCCCOCc1ccc2c3cccc4cccc(c5cccc1c52)c43. The summed E-state index contributed by atoms with van der Waals surface area (Å²) in [5.74, 6) is 0. The highest BCUT2D eigenvalue weighted by Gasteiger charge is 2.14. The summed E-state index contributed by atoms with van der Waals surface area (Å²) in [6.45, 7) is 1.85. The Labute approximate surface area is 202 Å². The van der Waals surface area contributed by atoms with E-state index in [0.29, 0.717) is 13.2 Å². The van der Waals surface area contributed by atoms with Gasteiger partial charge in [-0.15, -0.1) is 0 Å². The zero-order valence-electron chi connectivity index (χ0n) is 20.2. The molecule has 0 spiro atoms. The first-order valence-electron chi connectivity index (χ1n) is 13.1. The molecule has 0 aliphatic rings. The lowest BCUT2D eigenvalue weighted by atomic mass is 9.88. The lowest BCUT2D eigenvalue weighted by Crippen LogP contribution is -1.97. The molecule has 0 aromatic heterocycles. The van der Waals surface area contributed by atoms with E-state index in [4.69, 9.17) is 9.84 Å². The summed E-state index contributed by atoms with van der Waals surface area (Å²) >= 11 is 0. The fourth-order valence-corrected chi connectivity index (χ4v) is 5.57. The van der Waals surface area contributed by atoms with Crippen molar-refractivity contribution in [2.24, 2.45) is 0 Å². The van der Waals surface area contributed by atoms with Gasteiger partial charge in [-0.3, -0.25) is 0 Å². The Bertz CT molecular complexity index is 1300. The van der Waals surface area contributed by atoms with E-state index in [2.05, 4.69) is 66.7 Å². The molecule has 34 heavy (non-hydrogen) atoms. The predicted molar refractivity (Wildman–Crippen MR) is 146 cm³/mol. The van der Waals surface area contributed by atoms with E-state index in [0.717, 1.165) is 19.4 Å². The molecule has 2 heteroatoms. The molecule has 0 heterocycles. The Balaban J connectivity index is 1.22. The first-order valence-corrected chi connectivity index (χ1v) is 13.1. The number of unbranched alkanes of at least 4 members (excludes halogenated alkanes) is 8. The van der Waals surface area contributed by atoms with Gasteiger partial charge in [0.05, 0.1) is 6.61 Å². The van der Waals surface area contributed by atoms with Crippen LogP contribution in [0.3, 0.4) is 0 Å². The summed E-state index contributed by atoms with van der Waals surface area (Å²) in [4.78, 5) is 0. The molecule has 0 aliphatic carbocycles. The van der Waals surface area contributed by atoms with E-state index in [9.17, 15) is 0 Å². The van der Waals surface area contributed by atoms with Crippen LogP contribution in [0.5, 0.6) is 0 Å². The Morgan fingerprint density at radius 2 is 1.03 bits per heavy atom. The number of aliphatic hydroxyl groups is 1. The lowest BCUT2D eigenvalue weighted by molar-refractivity contribution is 0.117. The van der Waals surface area contributed by atoms with Crippen LogP contribution in [0.25, 0.3) is 43.1 Å². The minimum atomic E-state index is 0.339. The average molecular weight is 453 g/mol. The summed E-state index contributed by atoms with van der Waals surface area (Å²) in [6.07, 6.45) is 11.0. The van der Waals surface area contributed by atoms with Crippen LogP contribution in [0.15, 0.2) is 66.7 Å². The van der Waals surface area contributed by atoms with E-state index >= 15 is 0 Å². The van der Waals surface area contributed by atoms with Gasteiger partial charge in [0.25, 0.3) is 0 Å². The summed E-state index contributed by atoms with van der Waals surface area (Å²) in [7, 11) is 0. The third kappa shape index (κ3) is 4.76. The second-order valence-corrected chi connectivity index (χ2v) is 9.67. The largest absolute Gasteiger partial charge is 0.396 e. The monoisotopic (exact) mass is 452 g/mol. The van der Waals surface area contributed by atoms with Crippen LogP contribution in [-0.2, 0) is 11.3 Å². The minimum Gasteiger partial charge on any atom is -0.396 e. The zero-order valence-corrected chi connectivity index (χ0v) is 20.2. The number of rotatable bonds is 13.